The van der Waals surface area contributed by atoms with Crippen molar-refractivity contribution in [3.63, 3.8) is 0 Å². The molecule has 0 unspecified atom stereocenters. The lowest BCUT2D eigenvalue weighted by Crippen LogP contribution is -2.51. The maximum Gasteiger partial charge on any atom is 0.407 e. The van der Waals surface area contributed by atoms with Gasteiger partial charge in [0, 0.05) is 32.2 Å². The molecule has 0 aliphatic carbocycles. The van der Waals surface area contributed by atoms with E-state index >= 15 is 0 Å². The van der Waals surface area contributed by atoms with Crippen LogP contribution in [0, 0.1) is 5.92 Å². The second-order valence-electron chi connectivity index (χ2n) is 16.7. The number of hydrogen-bond acceptors (Lipinski definition) is 10. The number of carbonyl (C=O) groups excluding carboxylic acids is 4. The normalized spacial score (nSPS) is 17.1. The molecule has 0 radical (unpaired) electrons. The Hall–Kier alpha value is -6.78. The monoisotopic (exact) mass is 910 g/mol. The van der Waals surface area contributed by atoms with E-state index in [1.54, 1.807) is 27.6 Å². The Morgan fingerprint density at radius 3 is 1.58 bits per heavy atom. The summed E-state index contributed by atoms with van der Waals surface area (Å²) >= 11 is 3.54. The zero-order chi connectivity index (χ0) is 45.2. The predicted molar refractivity (Wildman–Crippen MR) is 252 cm³/mol. The Morgan fingerprint density at radius 1 is 0.646 bits per heavy atom. The Bertz CT molecular complexity index is 2780. The number of methoxy groups -OCH3 is 2. The highest BCUT2D eigenvalue weighted by Crippen LogP contribution is 2.43. The molecule has 0 bridgehead atoms. The second kappa shape index (κ2) is 18.7. The molecular weight excluding hydrogens is 861 g/mol. The number of amides is 4. The van der Waals surface area contributed by atoms with Gasteiger partial charge in [0.15, 0.2) is 0 Å². The van der Waals surface area contributed by atoms with Crippen LogP contribution in [0.5, 0.6) is 0 Å². The standard InChI is InChI=1S/C49H50N8O6S2/c1-28(2)42(54-48(60)62-3)46(58)56-22-8-12-36(56)44-50-26-34(52-44)29-14-18-31(19-15-29)38-24-40-41(64-38)25-39(65-40)32-20-16-30(17-21-32)35-27-51-45(53-35)37-13-9-23-57(37)47(59)43(55-49(61)63-4)33-10-6-5-7-11-33/h5-7,10-11,14-21,24-28,36-37,42-43H,8-9,12-13,22-23H2,1-4H3,(H,50,52)(H,51,53)(H,54,60)(H,55,61)/t36-,37-,42-,43+/m0/s1. The number of nitrogens with one attached hydrogen (secondary N) is 4. The maximum absolute atomic E-state index is 13.9. The molecule has 9 rings (SSSR count). The molecule has 0 spiro atoms. The van der Waals surface area contributed by atoms with Gasteiger partial charge in [0.05, 0.1) is 50.1 Å². The molecule has 65 heavy (non-hydrogen) atoms. The zero-order valence-electron chi connectivity index (χ0n) is 36.5. The second-order valence-corrected chi connectivity index (χ2v) is 18.9. The highest BCUT2D eigenvalue weighted by atomic mass is 32.1. The molecule has 2 aliphatic rings. The molecule has 7 aromatic rings. The lowest BCUT2D eigenvalue weighted by atomic mass is 10.0. The molecule has 6 heterocycles. The van der Waals surface area contributed by atoms with Gasteiger partial charge in [0.25, 0.3) is 5.91 Å². The summed E-state index contributed by atoms with van der Waals surface area (Å²) in [6.45, 7) is 4.98. The summed E-state index contributed by atoms with van der Waals surface area (Å²) in [5.41, 5.74) is 6.70. The van der Waals surface area contributed by atoms with Crippen molar-refractivity contribution in [3.8, 4) is 43.4 Å². The molecule has 2 saturated heterocycles. The number of alkyl carbamates (subject to hydrolysis) is 2. The molecule has 3 aromatic carbocycles. The summed E-state index contributed by atoms with van der Waals surface area (Å²) < 4.78 is 12.1. The minimum absolute atomic E-state index is 0.101. The number of nitrogens with zero attached hydrogens (tertiary/aromatic N) is 4. The third kappa shape index (κ3) is 9.00. The highest BCUT2D eigenvalue weighted by Gasteiger charge is 2.39. The number of aromatic amines is 2. The van der Waals surface area contributed by atoms with Gasteiger partial charge < -0.3 is 39.9 Å². The van der Waals surface area contributed by atoms with Crippen LogP contribution < -0.4 is 10.6 Å². The van der Waals surface area contributed by atoms with Crippen molar-refractivity contribution in [2.24, 2.45) is 5.92 Å². The van der Waals surface area contributed by atoms with Gasteiger partial charge in [-0.3, -0.25) is 9.59 Å². The third-order valence-electron chi connectivity index (χ3n) is 12.3. The van der Waals surface area contributed by atoms with E-state index in [9.17, 15) is 19.2 Å². The van der Waals surface area contributed by atoms with E-state index in [0.29, 0.717) is 24.5 Å². The number of fused-ring (bicyclic) bond motifs is 1. The van der Waals surface area contributed by atoms with E-state index in [-0.39, 0.29) is 29.8 Å². The number of imidazole rings is 2. The number of likely N-dealkylation sites (tertiary alicyclic amines) is 2. The SMILES string of the molecule is COC(=O)N[C@H](C(=O)N1CCC[C@H]1c1ncc(-c2ccc(-c3cc4sc(-c5ccc(-c6cnc([C@@H]7CCCN7C(=O)[C@H](NC(=O)OC)c7ccccc7)[nH]6)cc5)cc4s3)cc2)[nH]1)C(C)C. The number of benzene rings is 3. The van der Waals surface area contributed by atoms with Gasteiger partial charge in [0.1, 0.15) is 23.7 Å². The fraction of sp³-hybridized carbons (Fsp3) is 0.306. The van der Waals surface area contributed by atoms with Crippen molar-refractivity contribution in [2.45, 2.75) is 63.7 Å². The molecule has 4 atom stereocenters. The van der Waals surface area contributed by atoms with Crippen LogP contribution in [0.2, 0.25) is 0 Å². The number of aromatic nitrogens is 4. The predicted octanol–water partition coefficient (Wildman–Crippen LogP) is 9.88. The number of thiophene rings is 2. The summed E-state index contributed by atoms with van der Waals surface area (Å²) in [6, 6.07) is 28.6. The van der Waals surface area contributed by atoms with E-state index in [1.165, 1.54) is 33.4 Å². The Labute approximate surface area is 384 Å². The van der Waals surface area contributed by atoms with Gasteiger partial charge in [-0.2, -0.15) is 0 Å². The fourth-order valence-corrected chi connectivity index (χ4v) is 11.2. The van der Waals surface area contributed by atoms with Gasteiger partial charge in [-0.15, -0.1) is 22.7 Å². The van der Waals surface area contributed by atoms with E-state index in [4.69, 9.17) is 19.4 Å². The molecule has 14 nitrogen and oxygen atoms in total. The first-order valence-electron chi connectivity index (χ1n) is 21.8. The van der Waals surface area contributed by atoms with Gasteiger partial charge in [-0.05, 0) is 71.6 Å². The van der Waals surface area contributed by atoms with Crippen LogP contribution in [0.15, 0.2) is 103 Å². The fourth-order valence-electron chi connectivity index (χ4n) is 8.84. The molecule has 4 amide bonds. The van der Waals surface area contributed by atoms with Gasteiger partial charge in [0.2, 0.25) is 5.91 Å². The first-order valence-corrected chi connectivity index (χ1v) is 23.4. The van der Waals surface area contributed by atoms with Crippen molar-refractivity contribution in [3.05, 3.63) is 121 Å². The maximum atomic E-state index is 13.9. The van der Waals surface area contributed by atoms with Crippen LogP contribution in [0.25, 0.3) is 52.8 Å². The Balaban J connectivity index is 0.843. The summed E-state index contributed by atoms with van der Waals surface area (Å²) in [5, 5.41) is 5.43. The van der Waals surface area contributed by atoms with Crippen LogP contribution in [-0.2, 0) is 19.1 Å². The number of carbonyl (C=O) groups is 4. The van der Waals surface area contributed by atoms with E-state index in [2.05, 4.69) is 81.3 Å². The molecule has 334 valence electrons. The first kappa shape index (κ1) is 43.5. The van der Waals surface area contributed by atoms with Crippen LogP contribution >= 0.6 is 22.7 Å². The average molecular weight is 911 g/mol. The average Bonchev–Trinajstić information content (AvgIpc) is 4.20. The summed E-state index contributed by atoms with van der Waals surface area (Å²) in [7, 11) is 2.58. The minimum Gasteiger partial charge on any atom is -0.453 e. The quantitative estimate of drug-likeness (QED) is 0.0937. The number of hydrogen-bond donors (Lipinski definition) is 4. The van der Waals surface area contributed by atoms with Crippen molar-refractivity contribution >= 4 is 56.1 Å². The van der Waals surface area contributed by atoms with Crippen molar-refractivity contribution in [1.82, 2.24) is 40.4 Å². The molecule has 2 aliphatic heterocycles. The van der Waals surface area contributed by atoms with Crippen LogP contribution in [0.1, 0.15) is 74.9 Å². The molecule has 0 saturated carbocycles. The largest absolute Gasteiger partial charge is 0.453 e. The Morgan fingerprint density at radius 2 is 1.11 bits per heavy atom. The smallest absolute Gasteiger partial charge is 0.407 e. The third-order valence-corrected chi connectivity index (χ3v) is 14.7. The number of H-pyrrole nitrogens is 2. The lowest BCUT2D eigenvalue weighted by molar-refractivity contribution is -0.135. The summed E-state index contributed by atoms with van der Waals surface area (Å²) in [4.78, 5) is 74.1. The minimum atomic E-state index is -0.874. The van der Waals surface area contributed by atoms with E-state index in [1.807, 2.05) is 61.5 Å². The highest BCUT2D eigenvalue weighted by molar-refractivity contribution is 7.31. The summed E-state index contributed by atoms with van der Waals surface area (Å²) in [6.07, 6.45) is 5.59. The molecular formula is C49H50N8O6S2. The molecule has 2 fully saturated rings. The number of rotatable bonds is 12. The van der Waals surface area contributed by atoms with Crippen LogP contribution in [0.3, 0.4) is 0 Å². The Kier molecular flexibility index (Phi) is 12.5. The van der Waals surface area contributed by atoms with E-state index in [0.717, 1.165) is 65.1 Å². The van der Waals surface area contributed by atoms with Gasteiger partial charge in [-0.1, -0.05) is 92.7 Å². The van der Waals surface area contributed by atoms with Crippen molar-refractivity contribution < 1.29 is 28.7 Å². The van der Waals surface area contributed by atoms with Gasteiger partial charge >= 0.3 is 12.2 Å². The zero-order valence-corrected chi connectivity index (χ0v) is 38.1. The molecule has 4 N–H and O–H groups in total. The summed E-state index contributed by atoms with van der Waals surface area (Å²) in [5.74, 6) is 1.02. The molecule has 4 aromatic heterocycles. The van der Waals surface area contributed by atoms with Crippen molar-refractivity contribution in [2.75, 3.05) is 27.3 Å². The van der Waals surface area contributed by atoms with Gasteiger partial charge in [-0.25, -0.2) is 19.6 Å². The van der Waals surface area contributed by atoms with E-state index < -0.39 is 24.3 Å². The molecule has 16 heteroatoms. The first-order chi connectivity index (χ1) is 31.6. The van der Waals surface area contributed by atoms with Crippen molar-refractivity contribution in [1.29, 1.82) is 0 Å². The lowest BCUT2D eigenvalue weighted by Gasteiger charge is -2.30. The topological polar surface area (TPSA) is 175 Å². The van der Waals surface area contributed by atoms with Crippen LogP contribution in [-0.4, -0.2) is 87.1 Å². The number of ether oxygens (including phenoxy) is 2. The van der Waals surface area contributed by atoms with Crippen LogP contribution in [0.4, 0.5) is 9.59 Å².